The number of nitrogens with two attached hydrogens (primary N) is 1. The largest absolute Gasteiger partial charge is 0.433 e. The molecule has 0 radical (unpaired) electrons. The Hall–Kier alpha value is -3.67. The van der Waals surface area contributed by atoms with Crippen LogP contribution >= 0.6 is 0 Å². The van der Waals surface area contributed by atoms with Gasteiger partial charge < -0.3 is 26.6 Å². The summed E-state index contributed by atoms with van der Waals surface area (Å²) in [5.74, 6) is -1.68. The van der Waals surface area contributed by atoms with Gasteiger partial charge in [-0.25, -0.2) is 9.97 Å². The second-order valence-corrected chi connectivity index (χ2v) is 6.67. The predicted octanol–water partition coefficient (Wildman–Crippen LogP) is 1.69. The summed E-state index contributed by atoms with van der Waals surface area (Å²) in [5, 5.41) is 8.46. The summed E-state index contributed by atoms with van der Waals surface area (Å²) in [6.45, 7) is 0.187. The zero-order valence-electron chi connectivity index (χ0n) is 16.0. The van der Waals surface area contributed by atoms with Crippen LogP contribution in [0.5, 0.6) is 0 Å². The van der Waals surface area contributed by atoms with Crippen LogP contribution in [0.4, 0.5) is 30.2 Å². The maximum Gasteiger partial charge on any atom is 0.433 e. The number of aromatic nitrogens is 2. The number of anilines is 3. The van der Waals surface area contributed by atoms with Crippen molar-refractivity contribution >= 4 is 34.4 Å². The summed E-state index contributed by atoms with van der Waals surface area (Å²) in [4.78, 5) is 32.8. The molecule has 9 nitrogen and oxygen atoms in total. The second-order valence-electron chi connectivity index (χ2n) is 6.67. The molecule has 1 aromatic heterocycles. The van der Waals surface area contributed by atoms with Gasteiger partial charge in [-0.1, -0.05) is 0 Å². The smallest absolute Gasteiger partial charge is 0.365 e. The number of amides is 2. The number of nitrogens with zero attached hydrogens (tertiary/aromatic N) is 3. The van der Waals surface area contributed by atoms with Crippen molar-refractivity contribution in [2.45, 2.75) is 6.18 Å². The van der Waals surface area contributed by atoms with Crippen LogP contribution in [0.15, 0.2) is 36.3 Å². The fourth-order valence-electron chi connectivity index (χ4n) is 2.73. The highest BCUT2D eigenvalue weighted by Gasteiger charge is 2.34. The predicted molar refractivity (Wildman–Crippen MR) is 104 cm³/mol. The molecule has 2 heterocycles. The fraction of sp³-hybridized carbons (Fsp3) is 0.222. The molecule has 0 atom stereocenters. The maximum absolute atomic E-state index is 13.0. The molecule has 5 N–H and O–H groups in total. The van der Waals surface area contributed by atoms with Gasteiger partial charge in [0.25, 0.3) is 5.91 Å². The Bertz CT molecular complexity index is 1030. The van der Waals surface area contributed by atoms with Crippen LogP contribution in [-0.2, 0) is 15.8 Å². The maximum atomic E-state index is 13.0. The number of carbonyl (C=O) groups excluding carboxylic acids is 2. The molecule has 0 saturated heterocycles. The standard InChI is InChI=1S/C18H18F3N7O2/c1-28(2)8-13(29)24-9-3-4-10-11(7-9)26-17(25-10)14(15(22)30)16-23-6-5-12(27-16)18(19,20)21/h3-7,25-26H,8H2,1-2H3,(H2,22,30)(H,24,29)/b17-14-. The molecule has 0 fully saturated rings. The second kappa shape index (κ2) is 7.99. The molecule has 3 rings (SSSR count). The van der Waals surface area contributed by atoms with E-state index in [-0.39, 0.29) is 23.8 Å². The monoisotopic (exact) mass is 421 g/mol. The Balaban J connectivity index is 1.91. The Morgan fingerprint density at radius 1 is 1.17 bits per heavy atom. The minimum absolute atomic E-state index is 0.0357. The van der Waals surface area contributed by atoms with E-state index in [1.165, 1.54) is 0 Å². The number of primary amides is 1. The van der Waals surface area contributed by atoms with Crippen molar-refractivity contribution in [1.82, 2.24) is 14.9 Å². The van der Waals surface area contributed by atoms with Gasteiger partial charge in [0.1, 0.15) is 17.1 Å². The number of carbonyl (C=O) groups is 2. The summed E-state index contributed by atoms with van der Waals surface area (Å²) >= 11 is 0. The Morgan fingerprint density at radius 3 is 2.50 bits per heavy atom. The number of alkyl halides is 3. The van der Waals surface area contributed by atoms with Crippen LogP contribution in [0, 0.1) is 0 Å². The molecule has 2 amide bonds. The average molecular weight is 421 g/mol. The lowest BCUT2D eigenvalue weighted by molar-refractivity contribution is -0.141. The number of hydrogen-bond donors (Lipinski definition) is 4. The quantitative estimate of drug-likeness (QED) is 0.542. The summed E-state index contributed by atoms with van der Waals surface area (Å²) in [6, 6.07) is 5.56. The number of nitrogens with one attached hydrogen (secondary N) is 3. The van der Waals surface area contributed by atoms with Gasteiger partial charge in [-0.3, -0.25) is 9.59 Å². The first-order chi connectivity index (χ1) is 14.0. The Labute approximate surface area is 169 Å². The summed E-state index contributed by atoms with van der Waals surface area (Å²) in [6.07, 6.45) is -3.81. The average Bonchev–Trinajstić information content (AvgIpc) is 3.02. The molecule has 1 aliphatic heterocycles. The zero-order valence-corrected chi connectivity index (χ0v) is 16.0. The number of halogens is 3. The van der Waals surface area contributed by atoms with E-state index in [1.54, 1.807) is 37.2 Å². The molecule has 0 unspecified atom stereocenters. The summed E-state index contributed by atoms with van der Waals surface area (Å²) in [5.41, 5.74) is 5.35. The minimum Gasteiger partial charge on any atom is -0.365 e. The first kappa shape index (κ1) is 21.0. The van der Waals surface area contributed by atoms with Gasteiger partial charge in [-0.15, -0.1) is 0 Å². The highest BCUT2D eigenvalue weighted by atomic mass is 19.4. The molecule has 1 aromatic carbocycles. The third-order valence-corrected chi connectivity index (χ3v) is 3.95. The van der Waals surface area contributed by atoms with E-state index in [0.717, 1.165) is 6.20 Å². The van der Waals surface area contributed by atoms with Gasteiger partial charge in [0.05, 0.1) is 17.9 Å². The van der Waals surface area contributed by atoms with Crippen molar-refractivity contribution in [3.05, 3.63) is 47.8 Å². The molecular weight excluding hydrogens is 403 g/mol. The minimum atomic E-state index is -4.70. The van der Waals surface area contributed by atoms with Crippen molar-refractivity contribution in [3.8, 4) is 0 Å². The number of benzene rings is 1. The lowest BCUT2D eigenvalue weighted by atomic mass is 10.2. The van der Waals surface area contributed by atoms with E-state index in [0.29, 0.717) is 23.1 Å². The zero-order chi connectivity index (χ0) is 22.1. The van der Waals surface area contributed by atoms with Crippen LogP contribution < -0.4 is 21.7 Å². The third kappa shape index (κ3) is 4.66. The van der Waals surface area contributed by atoms with Crippen molar-refractivity contribution in [3.63, 3.8) is 0 Å². The number of rotatable bonds is 5. The van der Waals surface area contributed by atoms with Crippen LogP contribution in [0.1, 0.15) is 11.5 Å². The number of hydrogen-bond acceptors (Lipinski definition) is 7. The summed E-state index contributed by atoms with van der Waals surface area (Å²) < 4.78 is 38.9. The van der Waals surface area contributed by atoms with Crippen LogP contribution in [0.25, 0.3) is 5.57 Å². The highest BCUT2D eigenvalue weighted by molar-refractivity contribution is 6.20. The molecular formula is C18H18F3N7O2. The van der Waals surface area contributed by atoms with Crippen molar-refractivity contribution in [2.75, 3.05) is 36.6 Å². The molecule has 0 aliphatic carbocycles. The van der Waals surface area contributed by atoms with E-state index in [2.05, 4.69) is 25.9 Å². The summed E-state index contributed by atoms with van der Waals surface area (Å²) in [7, 11) is 3.51. The lowest BCUT2D eigenvalue weighted by Gasteiger charge is -2.11. The number of likely N-dealkylation sites (N-methyl/N-ethyl adjacent to an activating group) is 1. The van der Waals surface area contributed by atoms with Crippen molar-refractivity contribution in [2.24, 2.45) is 5.73 Å². The fourth-order valence-corrected chi connectivity index (χ4v) is 2.73. The first-order valence-electron chi connectivity index (χ1n) is 8.62. The van der Waals surface area contributed by atoms with E-state index in [9.17, 15) is 22.8 Å². The molecule has 0 saturated carbocycles. The van der Waals surface area contributed by atoms with E-state index in [1.807, 2.05) is 0 Å². The van der Waals surface area contributed by atoms with Gasteiger partial charge in [0, 0.05) is 11.9 Å². The third-order valence-electron chi connectivity index (χ3n) is 3.95. The van der Waals surface area contributed by atoms with Gasteiger partial charge in [0.15, 0.2) is 5.82 Å². The molecule has 12 heteroatoms. The molecule has 1 aliphatic rings. The first-order valence-corrected chi connectivity index (χ1v) is 8.62. The van der Waals surface area contributed by atoms with E-state index >= 15 is 0 Å². The molecule has 30 heavy (non-hydrogen) atoms. The van der Waals surface area contributed by atoms with Gasteiger partial charge in [0.2, 0.25) is 5.91 Å². The van der Waals surface area contributed by atoms with E-state index in [4.69, 9.17) is 5.73 Å². The van der Waals surface area contributed by atoms with Gasteiger partial charge >= 0.3 is 6.18 Å². The molecule has 158 valence electrons. The van der Waals surface area contributed by atoms with Crippen molar-refractivity contribution in [1.29, 1.82) is 0 Å². The van der Waals surface area contributed by atoms with Gasteiger partial charge in [-0.2, -0.15) is 13.2 Å². The molecule has 0 bridgehead atoms. The number of fused-ring (bicyclic) bond motifs is 1. The molecule has 2 aromatic rings. The van der Waals surface area contributed by atoms with Crippen molar-refractivity contribution < 1.29 is 22.8 Å². The normalized spacial score (nSPS) is 14.6. The Kier molecular flexibility index (Phi) is 5.60. The van der Waals surface area contributed by atoms with E-state index < -0.39 is 23.6 Å². The topological polar surface area (TPSA) is 125 Å². The SMILES string of the molecule is CN(C)CC(=O)Nc1ccc2c(c1)N/C(=C(/C(N)=O)c1nccc(C(F)(F)F)n1)N2. The van der Waals surface area contributed by atoms with Crippen LogP contribution in [0.3, 0.4) is 0 Å². The lowest BCUT2D eigenvalue weighted by Crippen LogP contribution is -2.27. The Morgan fingerprint density at radius 2 is 1.87 bits per heavy atom. The van der Waals surface area contributed by atoms with Gasteiger partial charge in [-0.05, 0) is 38.4 Å². The molecule has 0 spiro atoms. The van der Waals surface area contributed by atoms with Crippen LogP contribution in [-0.4, -0.2) is 47.3 Å². The van der Waals surface area contributed by atoms with Crippen LogP contribution in [0.2, 0.25) is 0 Å². The highest BCUT2D eigenvalue weighted by Crippen LogP contribution is 2.35.